The van der Waals surface area contributed by atoms with E-state index in [0.29, 0.717) is 5.56 Å². The van der Waals surface area contributed by atoms with Crippen molar-refractivity contribution in [3.05, 3.63) is 56.8 Å². The third kappa shape index (κ3) is 6.03. The molecule has 0 bridgehead atoms. The van der Waals surface area contributed by atoms with Crippen LogP contribution >= 0.6 is 11.3 Å². The molecule has 0 radical (unpaired) electrons. The number of ether oxygens (including phenoxy) is 1. The van der Waals surface area contributed by atoms with E-state index in [2.05, 4.69) is 5.32 Å². The lowest BCUT2D eigenvalue weighted by molar-refractivity contribution is -0.141. The number of methoxy groups -OCH3 is 1. The molecule has 0 fully saturated rings. The van der Waals surface area contributed by atoms with Crippen molar-refractivity contribution in [2.75, 3.05) is 7.11 Å². The van der Waals surface area contributed by atoms with E-state index in [9.17, 15) is 14.4 Å². The van der Waals surface area contributed by atoms with Crippen molar-refractivity contribution in [1.82, 2.24) is 5.32 Å². The molecule has 1 unspecified atom stereocenters. The molecule has 0 saturated heterocycles. The minimum atomic E-state index is -0.481. The fourth-order valence-corrected chi connectivity index (χ4v) is 3.78. The van der Waals surface area contributed by atoms with Crippen LogP contribution in [0.15, 0.2) is 30.3 Å². The van der Waals surface area contributed by atoms with Crippen LogP contribution in [-0.4, -0.2) is 24.8 Å². The van der Waals surface area contributed by atoms with Gasteiger partial charge in [0.15, 0.2) is 5.78 Å². The zero-order valence-electron chi connectivity index (χ0n) is 16.1. The summed E-state index contributed by atoms with van der Waals surface area (Å²) in [6.45, 7) is 5.84. The third-order valence-corrected chi connectivity index (χ3v) is 5.30. The number of Topliss-reactive ketones (excluding diaryl/α,β-unsaturated/α-hetero) is 1. The van der Waals surface area contributed by atoms with E-state index in [-0.39, 0.29) is 31.0 Å². The molecular formula is C21H25NO4S. The molecule has 1 amide bonds. The summed E-state index contributed by atoms with van der Waals surface area (Å²) in [7, 11) is 1.32. The van der Waals surface area contributed by atoms with Gasteiger partial charge in [0.05, 0.1) is 19.6 Å². The number of ketones is 1. The van der Waals surface area contributed by atoms with Gasteiger partial charge in [-0.3, -0.25) is 14.4 Å². The van der Waals surface area contributed by atoms with Crippen molar-refractivity contribution < 1.29 is 19.1 Å². The van der Waals surface area contributed by atoms with E-state index in [1.165, 1.54) is 7.11 Å². The Morgan fingerprint density at radius 3 is 2.30 bits per heavy atom. The zero-order valence-corrected chi connectivity index (χ0v) is 16.9. The Kier molecular flexibility index (Phi) is 7.30. The van der Waals surface area contributed by atoms with Crippen LogP contribution < -0.4 is 5.32 Å². The van der Waals surface area contributed by atoms with Crippen LogP contribution in [-0.2, 0) is 14.3 Å². The molecule has 1 aromatic heterocycles. The van der Waals surface area contributed by atoms with Crippen LogP contribution in [0.3, 0.4) is 0 Å². The van der Waals surface area contributed by atoms with E-state index in [0.717, 1.165) is 20.9 Å². The number of hydrogen-bond donors (Lipinski definition) is 1. The Labute approximate surface area is 163 Å². The average molecular weight is 388 g/mol. The van der Waals surface area contributed by atoms with E-state index in [1.807, 2.05) is 51.1 Å². The highest BCUT2D eigenvalue weighted by atomic mass is 32.1. The van der Waals surface area contributed by atoms with Crippen LogP contribution in [0.25, 0.3) is 0 Å². The molecule has 5 nitrogen and oxygen atoms in total. The summed E-state index contributed by atoms with van der Waals surface area (Å²) in [5.74, 6) is -0.699. The number of rotatable bonds is 8. The third-order valence-electron chi connectivity index (χ3n) is 4.33. The first-order chi connectivity index (χ1) is 12.8. The van der Waals surface area contributed by atoms with Gasteiger partial charge in [0, 0.05) is 28.2 Å². The molecule has 0 aliphatic rings. The first kappa shape index (κ1) is 20.8. The topological polar surface area (TPSA) is 72.5 Å². The molecule has 144 valence electrons. The molecule has 2 rings (SSSR count). The lowest BCUT2D eigenvalue weighted by atomic mass is 10.0. The Balaban J connectivity index is 2.00. The molecule has 0 aliphatic heterocycles. The van der Waals surface area contributed by atoms with Gasteiger partial charge in [0.2, 0.25) is 5.91 Å². The number of nitrogens with one attached hydrogen (secondary N) is 1. The van der Waals surface area contributed by atoms with Gasteiger partial charge in [-0.2, -0.15) is 0 Å². The van der Waals surface area contributed by atoms with E-state index in [1.54, 1.807) is 11.3 Å². The van der Waals surface area contributed by atoms with E-state index < -0.39 is 12.0 Å². The number of hydrogen-bond acceptors (Lipinski definition) is 5. The molecular weight excluding hydrogens is 362 g/mol. The largest absolute Gasteiger partial charge is 0.469 e. The normalized spacial score (nSPS) is 11.7. The quantitative estimate of drug-likeness (QED) is 0.548. The first-order valence-corrected chi connectivity index (χ1v) is 9.64. The van der Waals surface area contributed by atoms with Crippen LogP contribution in [0, 0.1) is 20.8 Å². The Morgan fingerprint density at radius 2 is 1.74 bits per heavy atom. The fraction of sp³-hybridized carbons (Fsp3) is 0.381. The smallest absolute Gasteiger partial charge is 0.307 e. The second-order valence-corrected chi connectivity index (χ2v) is 8.02. The maximum Gasteiger partial charge on any atom is 0.307 e. The maximum absolute atomic E-state index is 12.4. The summed E-state index contributed by atoms with van der Waals surface area (Å²) in [5.41, 5.74) is 2.61. The zero-order chi connectivity index (χ0) is 20.0. The van der Waals surface area contributed by atoms with Crippen molar-refractivity contribution in [2.24, 2.45) is 0 Å². The summed E-state index contributed by atoms with van der Waals surface area (Å²) >= 11 is 1.58. The lowest BCUT2D eigenvalue weighted by Gasteiger charge is -2.18. The van der Waals surface area contributed by atoms with E-state index in [4.69, 9.17) is 4.74 Å². The molecule has 6 heteroatoms. The molecule has 1 aromatic carbocycles. The molecule has 2 aromatic rings. The van der Waals surface area contributed by atoms with Crippen molar-refractivity contribution in [1.29, 1.82) is 0 Å². The maximum atomic E-state index is 12.4. The van der Waals surface area contributed by atoms with Gasteiger partial charge in [0.25, 0.3) is 0 Å². The van der Waals surface area contributed by atoms with Gasteiger partial charge in [-0.05, 0) is 32.4 Å². The minimum Gasteiger partial charge on any atom is -0.469 e. The van der Waals surface area contributed by atoms with Crippen LogP contribution in [0.1, 0.15) is 56.5 Å². The molecule has 0 aliphatic carbocycles. The predicted octanol–water partition coefficient (Wildman–Crippen LogP) is 4.06. The monoisotopic (exact) mass is 387 g/mol. The molecule has 1 heterocycles. The van der Waals surface area contributed by atoms with Crippen molar-refractivity contribution in [3.63, 3.8) is 0 Å². The minimum absolute atomic E-state index is 0.0353. The fourth-order valence-electron chi connectivity index (χ4n) is 2.84. The van der Waals surface area contributed by atoms with Gasteiger partial charge in [0.1, 0.15) is 0 Å². The number of benzene rings is 1. The predicted molar refractivity (Wildman–Crippen MR) is 106 cm³/mol. The van der Waals surface area contributed by atoms with Crippen molar-refractivity contribution in [2.45, 2.75) is 46.1 Å². The lowest BCUT2D eigenvalue weighted by Crippen LogP contribution is -2.30. The van der Waals surface area contributed by atoms with Crippen LogP contribution in [0.2, 0.25) is 0 Å². The van der Waals surface area contributed by atoms with Gasteiger partial charge in [-0.15, -0.1) is 11.3 Å². The highest BCUT2D eigenvalue weighted by Gasteiger charge is 2.20. The second kappa shape index (κ2) is 9.46. The summed E-state index contributed by atoms with van der Waals surface area (Å²) in [4.78, 5) is 38.5. The Hall–Kier alpha value is -2.47. The van der Waals surface area contributed by atoms with Crippen molar-refractivity contribution in [3.8, 4) is 0 Å². The first-order valence-electron chi connectivity index (χ1n) is 8.83. The molecule has 0 saturated carbocycles. The number of carbonyl (C=O) groups is 3. The Bertz CT molecular complexity index is 823. The van der Waals surface area contributed by atoms with Gasteiger partial charge >= 0.3 is 5.97 Å². The van der Waals surface area contributed by atoms with E-state index >= 15 is 0 Å². The highest BCUT2D eigenvalue weighted by molar-refractivity contribution is 7.12. The summed E-state index contributed by atoms with van der Waals surface area (Å²) < 4.78 is 4.74. The van der Waals surface area contributed by atoms with Crippen LogP contribution in [0.4, 0.5) is 0 Å². The number of carbonyl (C=O) groups excluding carboxylic acids is 3. The summed E-state index contributed by atoms with van der Waals surface area (Å²) in [5, 5.41) is 2.86. The van der Waals surface area contributed by atoms with Gasteiger partial charge in [-0.25, -0.2) is 0 Å². The van der Waals surface area contributed by atoms with Gasteiger partial charge in [-0.1, -0.05) is 29.8 Å². The molecule has 1 atom stereocenters. The highest BCUT2D eigenvalue weighted by Crippen LogP contribution is 2.23. The number of aryl methyl sites for hydroxylation is 3. The second-order valence-electron chi connectivity index (χ2n) is 6.56. The SMILES string of the molecule is COC(=O)CC(NC(=O)CCC(=O)c1cc(C)sc1C)c1ccc(C)cc1. The van der Waals surface area contributed by atoms with Crippen LogP contribution in [0.5, 0.6) is 0 Å². The average Bonchev–Trinajstić information content (AvgIpc) is 2.98. The standard InChI is InChI=1S/C21H25NO4S/c1-13-5-7-16(8-6-13)18(12-21(25)26-4)22-20(24)10-9-19(23)17-11-14(2)27-15(17)3/h5-8,11,18H,9-10,12H2,1-4H3,(H,22,24). The van der Waals surface area contributed by atoms with Crippen molar-refractivity contribution >= 4 is 29.0 Å². The molecule has 27 heavy (non-hydrogen) atoms. The van der Waals surface area contributed by atoms with Gasteiger partial charge < -0.3 is 10.1 Å². The molecule has 0 spiro atoms. The number of amides is 1. The summed E-state index contributed by atoms with van der Waals surface area (Å²) in [6, 6.07) is 9.00. The Morgan fingerprint density at radius 1 is 1.07 bits per heavy atom. The summed E-state index contributed by atoms with van der Waals surface area (Å²) in [6.07, 6.45) is 0.264. The number of esters is 1. The molecule has 1 N–H and O–H groups in total. The number of thiophene rings is 1.